The highest BCUT2D eigenvalue weighted by atomic mass is 35.5. The van der Waals surface area contributed by atoms with E-state index < -0.39 is 30.2 Å². The van der Waals surface area contributed by atoms with Crippen molar-refractivity contribution in [2.24, 2.45) is 0 Å². The molecule has 12 heteroatoms. The highest BCUT2D eigenvalue weighted by Crippen LogP contribution is 2.49. The van der Waals surface area contributed by atoms with Gasteiger partial charge in [0.1, 0.15) is 29.7 Å². The first-order chi connectivity index (χ1) is 19.0. The maximum Gasteiger partial charge on any atom is 0.387 e. The summed E-state index contributed by atoms with van der Waals surface area (Å²) in [7, 11) is 0. The molecule has 3 aromatic heterocycles. The number of nitrogens with zero attached hydrogens (tertiary/aromatic N) is 4. The zero-order valence-corrected chi connectivity index (χ0v) is 22.7. The van der Waals surface area contributed by atoms with Crippen LogP contribution in [0.15, 0.2) is 48.9 Å². The van der Waals surface area contributed by atoms with Gasteiger partial charge in [-0.05, 0) is 57.5 Å². The van der Waals surface area contributed by atoms with Crippen LogP contribution in [0.4, 0.5) is 8.78 Å². The Morgan fingerprint density at radius 1 is 1.20 bits per heavy atom. The Morgan fingerprint density at radius 3 is 2.62 bits per heavy atom. The summed E-state index contributed by atoms with van der Waals surface area (Å²) in [6.07, 6.45) is 4.79. The van der Waals surface area contributed by atoms with Gasteiger partial charge in [0.2, 0.25) is 0 Å². The van der Waals surface area contributed by atoms with E-state index in [9.17, 15) is 18.7 Å². The van der Waals surface area contributed by atoms with Crippen LogP contribution in [-0.4, -0.2) is 50.3 Å². The van der Waals surface area contributed by atoms with E-state index in [-0.39, 0.29) is 24.8 Å². The third-order valence-electron chi connectivity index (χ3n) is 6.57. The molecular weight excluding hydrogens is 546 g/mol. The third kappa shape index (κ3) is 5.63. The molecule has 1 aliphatic rings. The minimum absolute atomic E-state index is 0.0110. The minimum atomic E-state index is -3.03. The lowest BCUT2D eigenvalue weighted by Gasteiger charge is -2.19. The molecule has 0 saturated heterocycles. The van der Waals surface area contributed by atoms with Crippen molar-refractivity contribution in [1.29, 1.82) is 0 Å². The van der Waals surface area contributed by atoms with Crippen molar-refractivity contribution in [2.45, 2.75) is 51.4 Å². The number of aliphatic hydroxyl groups is 1. The number of imidazole rings is 1. The van der Waals surface area contributed by atoms with E-state index in [4.69, 9.17) is 30.8 Å². The van der Waals surface area contributed by atoms with Crippen LogP contribution in [0.1, 0.15) is 62.0 Å². The molecule has 0 fully saturated rings. The number of carbonyl (C=O) groups is 1. The first-order valence-corrected chi connectivity index (χ1v) is 13.0. The number of benzene rings is 1. The lowest BCUT2D eigenvalue weighted by molar-refractivity contribution is -0.150. The second-order valence-electron chi connectivity index (χ2n) is 9.84. The van der Waals surface area contributed by atoms with E-state index in [0.717, 1.165) is 5.56 Å². The Morgan fingerprint density at radius 2 is 1.95 bits per heavy atom. The fraction of sp³-hybridized carbons (Fsp3) is 0.357. The number of hydrogen-bond donors (Lipinski definition) is 1. The molecule has 0 amide bonds. The van der Waals surface area contributed by atoms with Crippen molar-refractivity contribution >= 4 is 23.2 Å². The Bertz CT molecular complexity index is 1540. The number of rotatable bonds is 9. The molecule has 210 valence electrons. The fourth-order valence-electron chi connectivity index (χ4n) is 4.85. The number of ether oxygens (including phenoxy) is 3. The van der Waals surface area contributed by atoms with Gasteiger partial charge in [-0.2, -0.15) is 8.78 Å². The van der Waals surface area contributed by atoms with Gasteiger partial charge in [-0.1, -0.05) is 11.6 Å². The Labute approximate surface area is 233 Å². The zero-order valence-electron chi connectivity index (χ0n) is 22.0. The first kappa shape index (κ1) is 27.9. The van der Waals surface area contributed by atoms with E-state index in [2.05, 4.69) is 9.97 Å². The summed E-state index contributed by atoms with van der Waals surface area (Å²) in [5.41, 5.74) is 2.58. The second-order valence-corrected chi connectivity index (χ2v) is 10.3. The predicted molar refractivity (Wildman–Crippen MR) is 141 cm³/mol. The van der Waals surface area contributed by atoms with Gasteiger partial charge in [0.05, 0.1) is 18.0 Å². The van der Waals surface area contributed by atoms with E-state index in [1.807, 2.05) is 22.7 Å². The fourth-order valence-corrected chi connectivity index (χ4v) is 5.03. The van der Waals surface area contributed by atoms with Crippen molar-refractivity contribution in [2.75, 3.05) is 13.2 Å². The van der Waals surface area contributed by atoms with Crippen molar-refractivity contribution in [3.63, 3.8) is 0 Å². The van der Waals surface area contributed by atoms with E-state index >= 15 is 0 Å². The number of hydrogen-bond acceptors (Lipinski definition) is 8. The van der Waals surface area contributed by atoms with Gasteiger partial charge >= 0.3 is 12.6 Å². The van der Waals surface area contributed by atoms with Gasteiger partial charge in [0.25, 0.3) is 0 Å². The molecule has 1 aliphatic carbocycles. The molecule has 5 rings (SSSR count). The summed E-state index contributed by atoms with van der Waals surface area (Å²) in [6.45, 7) is 1.81. The van der Waals surface area contributed by atoms with Crippen LogP contribution < -0.4 is 4.74 Å². The smallest absolute Gasteiger partial charge is 0.387 e. The number of carbonyl (C=O) groups excluding carboxylic acids is 1. The van der Waals surface area contributed by atoms with Gasteiger partial charge in [-0.3, -0.25) is 0 Å². The van der Waals surface area contributed by atoms with Crippen LogP contribution in [0.2, 0.25) is 5.02 Å². The molecule has 0 saturated carbocycles. The van der Waals surface area contributed by atoms with Crippen LogP contribution in [0.5, 0.6) is 5.75 Å². The minimum Gasteiger partial charge on any atom is -0.464 e. The maximum atomic E-state index is 13.3. The summed E-state index contributed by atoms with van der Waals surface area (Å²) >= 11 is 6.29. The molecule has 40 heavy (non-hydrogen) atoms. The lowest BCUT2D eigenvalue weighted by atomic mass is 9.95. The summed E-state index contributed by atoms with van der Waals surface area (Å²) in [4.78, 5) is 25.4. The largest absolute Gasteiger partial charge is 0.464 e. The summed E-state index contributed by atoms with van der Waals surface area (Å²) < 4.78 is 44.2. The van der Waals surface area contributed by atoms with Gasteiger partial charge in [0, 0.05) is 46.2 Å². The molecule has 0 aliphatic heterocycles. The normalized spacial score (nSPS) is 16.9. The molecule has 3 heterocycles. The topological polar surface area (TPSA) is 108 Å². The van der Waals surface area contributed by atoms with Gasteiger partial charge < -0.3 is 23.7 Å². The Balaban J connectivity index is 1.60. The maximum absolute atomic E-state index is 13.3. The van der Waals surface area contributed by atoms with Gasteiger partial charge in [0.15, 0.2) is 5.82 Å². The first-order valence-electron chi connectivity index (χ1n) is 12.6. The van der Waals surface area contributed by atoms with E-state index in [1.54, 1.807) is 39.2 Å². The number of halogens is 3. The quantitative estimate of drug-likeness (QED) is 0.265. The van der Waals surface area contributed by atoms with Crippen molar-refractivity contribution < 1.29 is 32.9 Å². The number of alkyl halides is 2. The Kier molecular flexibility index (Phi) is 7.72. The molecule has 0 spiro atoms. The number of pyridine rings is 1. The zero-order chi connectivity index (χ0) is 28.6. The van der Waals surface area contributed by atoms with E-state index in [0.29, 0.717) is 39.6 Å². The molecule has 0 unspecified atom stereocenters. The molecule has 0 bridgehead atoms. The molecule has 9 nitrogen and oxygen atoms in total. The Hall–Kier alpha value is -3.67. The average molecular weight is 573 g/mol. The molecular formula is C28H27ClF2N4O5. The summed E-state index contributed by atoms with van der Waals surface area (Å²) in [6, 6.07) is 8.15. The third-order valence-corrected chi connectivity index (χ3v) is 6.81. The number of aromatic nitrogens is 4. The molecule has 1 N–H and O–H groups in total. The highest BCUT2D eigenvalue weighted by Gasteiger charge is 2.39. The highest BCUT2D eigenvalue weighted by molar-refractivity contribution is 6.30. The van der Waals surface area contributed by atoms with Crippen molar-refractivity contribution in [1.82, 2.24) is 19.4 Å². The number of esters is 1. The van der Waals surface area contributed by atoms with Crippen LogP contribution in [0, 0.1) is 0 Å². The van der Waals surface area contributed by atoms with Crippen molar-refractivity contribution in [3.8, 4) is 16.9 Å². The lowest BCUT2D eigenvalue weighted by Crippen LogP contribution is -2.19. The SMILES string of the molecule is CCOC(=O)CO[C@@H]1C[C@H](c2cc(Cl)ccc2OC(F)F)c2c1nc1ccc(-c3cnc(C(C)(C)O)nc3)cn21. The average Bonchev–Trinajstić information content (AvgIpc) is 3.45. The molecule has 2 atom stereocenters. The molecule has 1 aromatic carbocycles. The van der Waals surface area contributed by atoms with Crippen LogP contribution in [0.25, 0.3) is 16.8 Å². The predicted octanol–water partition coefficient (Wildman–Crippen LogP) is 5.43. The standard InChI is InChI=1S/C28H27ClF2N4O5/c1-4-38-23(36)14-39-21-10-19(18-9-17(29)6-7-20(18)40-27(30)31)25-24(21)34-22-8-5-15(13-35(22)25)16-11-32-26(33-12-16)28(2,3)37/h5-9,11-13,19,21,27,37H,4,10,14H2,1-3H3/t19-,21-/m1/s1. The van der Waals surface area contributed by atoms with Crippen LogP contribution in [-0.2, 0) is 19.9 Å². The monoisotopic (exact) mass is 572 g/mol. The van der Waals surface area contributed by atoms with E-state index in [1.165, 1.54) is 12.1 Å². The van der Waals surface area contributed by atoms with Crippen LogP contribution >= 0.6 is 11.6 Å². The second kappa shape index (κ2) is 11.1. The summed E-state index contributed by atoms with van der Waals surface area (Å²) in [5.74, 6) is -0.732. The van der Waals surface area contributed by atoms with Crippen molar-refractivity contribution in [3.05, 3.63) is 76.7 Å². The van der Waals surface area contributed by atoms with Gasteiger partial charge in [-0.25, -0.2) is 19.7 Å². The molecule has 0 radical (unpaired) electrons. The number of fused-ring (bicyclic) bond motifs is 3. The van der Waals surface area contributed by atoms with Gasteiger partial charge in [-0.15, -0.1) is 0 Å². The summed E-state index contributed by atoms with van der Waals surface area (Å²) in [5, 5.41) is 10.5. The van der Waals surface area contributed by atoms with Crippen LogP contribution in [0.3, 0.4) is 0 Å². The molecule has 4 aromatic rings.